The number of para-hydroxylation sites is 1. The second-order valence-corrected chi connectivity index (χ2v) is 6.88. The summed E-state index contributed by atoms with van der Waals surface area (Å²) in [5.74, 6) is 0.272. The van der Waals surface area contributed by atoms with Crippen LogP contribution in [0.4, 0.5) is 11.6 Å². The second-order valence-electron chi connectivity index (χ2n) is 6.88. The number of anilines is 2. The first-order valence-corrected chi connectivity index (χ1v) is 9.19. The molecule has 1 aliphatic rings. The van der Waals surface area contributed by atoms with Gasteiger partial charge in [0.25, 0.3) is 5.91 Å². The lowest BCUT2D eigenvalue weighted by Crippen LogP contribution is -2.29. The molecule has 142 valence electrons. The van der Waals surface area contributed by atoms with Gasteiger partial charge in [-0.25, -0.2) is 9.97 Å². The predicted octanol–water partition coefficient (Wildman–Crippen LogP) is 2.29. The van der Waals surface area contributed by atoms with Crippen LogP contribution in [0.3, 0.4) is 0 Å². The summed E-state index contributed by atoms with van der Waals surface area (Å²) in [6.45, 7) is 0.824. The number of nitrogens with zero attached hydrogens (tertiary/aromatic N) is 4. The van der Waals surface area contributed by atoms with Crippen LogP contribution < -0.4 is 5.32 Å². The van der Waals surface area contributed by atoms with E-state index in [1.54, 1.807) is 17.3 Å². The van der Waals surface area contributed by atoms with Crippen molar-refractivity contribution in [3.8, 4) is 0 Å². The highest BCUT2D eigenvalue weighted by atomic mass is 16.3. The number of benzene rings is 1. The van der Waals surface area contributed by atoms with Crippen molar-refractivity contribution in [3.63, 3.8) is 0 Å². The summed E-state index contributed by atoms with van der Waals surface area (Å²) in [6.07, 6.45) is 6.68. The molecule has 0 saturated carbocycles. The van der Waals surface area contributed by atoms with Crippen molar-refractivity contribution in [2.24, 2.45) is 5.92 Å². The van der Waals surface area contributed by atoms with Crippen LogP contribution in [0.1, 0.15) is 15.9 Å². The molecule has 2 aromatic heterocycles. The van der Waals surface area contributed by atoms with Crippen molar-refractivity contribution in [1.29, 1.82) is 0 Å². The molecule has 0 bridgehead atoms. The summed E-state index contributed by atoms with van der Waals surface area (Å²) in [5.41, 5.74) is 2.39. The summed E-state index contributed by atoms with van der Waals surface area (Å²) < 4.78 is 0. The second kappa shape index (κ2) is 8.14. The minimum atomic E-state index is -0.544. The molecule has 3 aromatic rings. The zero-order chi connectivity index (χ0) is 19.3. The number of hydrogen-bond acceptors (Lipinski definition) is 6. The number of carbonyl (C=O) groups excluding carboxylic acids is 1. The Bertz CT molecular complexity index is 919. The van der Waals surface area contributed by atoms with Gasteiger partial charge in [-0.15, -0.1) is 0 Å². The number of rotatable bonds is 5. The van der Waals surface area contributed by atoms with Gasteiger partial charge in [-0.05, 0) is 36.2 Å². The number of likely N-dealkylation sites (tertiary alicyclic amines) is 1. The van der Waals surface area contributed by atoms with E-state index in [2.05, 4.69) is 20.3 Å². The first-order chi connectivity index (χ1) is 13.7. The van der Waals surface area contributed by atoms with Gasteiger partial charge in [0.2, 0.25) is 5.95 Å². The van der Waals surface area contributed by atoms with Crippen molar-refractivity contribution in [2.75, 3.05) is 18.4 Å². The summed E-state index contributed by atoms with van der Waals surface area (Å²) >= 11 is 0. The summed E-state index contributed by atoms with van der Waals surface area (Å²) in [4.78, 5) is 26.9. The fraction of sp³-hybridized carbons (Fsp3) is 0.238. The van der Waals surface area contributed by atoms with Crippen molar-refractivity contribution >= 4 is 17.5 Å². The standard InChI is InChI=1S/C21H21N5O2/c27-19-14-26(13-16(19)10-15-6-8-22-9-7-15)20(28)17-11-23-21(24-12-17)25-18-4-2-1-3-5-18/h1-9,11-12,16,19,27H,10,13-14H2,(H,23,24,25)/t16-,19+/m1/s1. The maximum absolute atomic E-state index is 12.8. The molecule has 2 atom stereocenters. The Morgan fingerprint density at radius 1 is 1.07 bits per heavy atom. The Morgan fingerprint density at radius 2 is 1.79 bits per heavy atom. The van der Waals surface area contributed by atoms with Gasteiger partial charge < -0.3 is 15.3 Å². The number of β-amino-alcohol motifs (C(OH)–C–C–N with tert-alkyl or cyclic N) is 1. The lowest BCUT2D eigenvalue weighted by Gasteiger charge is -2.16. The van der Waals surface area contributed by atoms with Gasteiger partial charge in [0.15, 0.2) is 0 Å². The summed E-state index contributed by atoms with van der Waals surface area (Å²) in [6, 6.07) is 13.5. The number of amides is 1. The monoisotopic (exact) mass is 375 g/mol. The third kappa shape index (κ3) is 4.15. The Morgan fingerprint density at radius 3 is 2.50 bits per heavy atom. The first-order valence-electron chi connectivity index (χ1n) is 9.19. The van der Waals surface area contributed by atoms with Gasteiger partial charge in [0, 0.05) is 49.5 Å². The number of aromatic nitrogens is 3. The van der Waals surface area contributed by atoms with E-state index in [-0.39, 0.29) is 11.8 Å². The topological polar surface area (TPSA) is 91.2 Å². The summed E-state index contributed by atoms with van der Waals surface area (Å²) in [7, 11) is 0. The van der Waals surface area contributed by atoms with Crippen LogP contribution in [0.15, 0.2) is 67.3 Å². The Labute approximate surface area is 163 Å². The van der Waals surface area contributed by atoms with Crippen molar-refractivity contribution in [1.82, 2.24) is 19.9 Å². The SMILES string of the molecule is O=C(c1cnc(Nc2ccccc2)nc1)N1C[C@@H](Cc2ccncc2)[C@@H](O)C1. The van der Waals surface area contributed by atoms with Gasteiger partial charge in [-0.1, -0.05) is 18.2 Å². The van der Waals surface area contributed by atoms with E-state index < -0.39 is 6.10 Å². The van der Waals surface area contributed by atoms with Gasteiger partial charge >= 0.3 is 0 Å². The highest BCUT2D eigenvalue weighted by Gasteiger charge is 2.34. The number of carbonyl (C=O) groups is 1. The number of pyridine rings is 1. The molecule has 0 unspecified atom stereocenters. The van der Waals surface area contributed by atoms with Crippen LogP contribution in [0.25, 0.3) is 0 Å². The minimum Gasteiger partial charge on any atom is -0.391 e. The lowest BCUT2D eigenvalue weighted by molar-refractivity contribution is 0.0764. The summed E-state index contributed by atoms with van der Waals surface area (Å²) in [5, 5.41) is 13.5. The van der Waals surface area contributed by atoms with Gasteiger partial charge in [0.05, 0.1) is 11.7 Å². The maximum atomic E-state index is 12.8. The fourth-order valence-corrected chi connectivity index (χ4v) is 3.38. The molecule has 7 nitrogen and oxygen atoms in total. The van der Waals surface area contributed by atoms with Crippen LogP contribution in [-0.4, -0.2) is 50.1 Å². The molecule has 1 saturated heterocycles. The smallest absolute Gasteiger partial charge is 0.257 e. The van der Waals surface area contributed by atoms with E-state index in [1.165, 1.54) is 12.4 Å². The highest BCUT2D eigenvalue weighted by Crippen LogP contribution is 2.23. The maximum Gasteiger partial charge on any atom is 0.257 e. The minimum absolute atomic E-state index is 0.00582. The molecule has 0 spiro atoms. The fourth-order valence-electron chi connectivity index (χ4n) is 3.38. The van der Waals surface area contributed by atoms with Crippen LogP contribution in [0.5, 0.6) is 0 Å². The van der Waals surface area contributed by atoms with E-state index in [0.717, 1.165) is 11.3 Å². The third-order valence-electron chi connectivity index (χ3n) is 4.87. The van der Waals surface area contributed by atoms with E-state index in [9.17, 15) is 9.90 Å². The average molecular weight is 375 g/mol. The quantitative estimate of drug-likeness (QED) is 0.711. The molecule has 28 heavy (non-hydrogen) atoms. The average Bonchev–Trinajstić information content (AvgIpc) is 3.10. The molecule has 1 aromatic carbocycles. The zero-order valence-corrected chi connectivity index (χ0v) is 15.3. The molecule has 3 heterocycles. The first kappa shape index (κ1) is 18.1. The largest absolute Gasteiger partial charge is 0.391 e. The highest BCUT2D eigenvalue weighted by molar-refractivity contribution is 5.94. The third-order valence-corrected chi connectivity index (χ3v) is 4.87. The predicted molar refractivity (Wildman–Crippen MR) is 105 cm³/mol. The molecule has 2 N–H and O–H groups in total. The molecular formula is C21H21N5O2. The lowest BCUT2D eigenvalue weighted by atomic mass is 9.97. The molecule has 0 radical (unpaired) electrons. The molecule has 0 aliphatic carbocycles. The van der Waals surface area contributed by atoms with E-state index in [1.807, 2.05) is 42.5 Å². The van der Waals surface area contributed by atoms with Crippen LogP contribution >= 0.6 is 0 Å². The molecular weight excluding hydrogens is 354 g/mol. The van der Waals surface area contributed by atoms with E-state index in [4.69, 9.17) is 0 Å². The molecule has 7 heteroatoms. The van der Waals surface area contributed by atoms with Gasteiger partial charge in [0.1, 0.15) is 0 Å². The Hall–Kier alpha value is -3.32. The zero-order valence-electron chi connectivity index (χ0n) is 15.3. The Balaban J connectivity index is 1.39. The van der Waals surface area contributed by atoms with Gasteiger partial charge in [-0.3, -0.25) is 9.78 Å². The molecule has 1 aliphatic heterocycles. The molecule has 1 amide bonds. The van der Waals surface area contributed by atoms with E-state index in [0.29, 0.717) is 31.0 Å². The number of aliphatic hydroxyl groups is 1. The van der Waals surface area contributed by atoms with Gasteiger partial charge in [-0.2, -0.15) is 0 Å². The normalized spacial score (nSPS) is 18.8. The number of hydrogen-bond donors (Lipinski definition) is 2. The van der Waals surface area contributed by atoms with Crippen LogP contribution in [-0.2, 0) is 6.42 Å². The van der Waals surface area contributed by atoms with Crippen molar-refractivity contribution < 1.29 is 9.90 Å². The Kier molecular flexibility index (Phi) is 5.25. The molecule has 1 fully saturated rings. The van der Waals surface area contributed by atoms with Crippen LogP contribution in [0.2, 0.25) is 0 Å². The molecule has 4 rings (SSSR count). The number of nitrogens with one attached hydrogen (secondary N) is 1. The van der Waals surface area contributed by atoms with Crippen molar-refractivity contribution in [2.45, 2.75) is 12.5 Å². The number of aliphatic hydroxyl groups excluding tert-OH is 1. The van der Waals surface area contributed by atoms with E-state index >= 15 is 0 Å². The van der Waals surface area contributed by atoms with Crippen molar-refractivity contribution in [3.05, 3.63) is 78.4 Å². The van der Waals surface area contributed by atoms with Crippen LogP contribution in [0, 0.1) is 5.92 Å².